The van der Waals surface area contributed by atoms with E-state index in [1.165, 1.54) is 11.6 Å². The molecule has 0 aliphatic heterocycles. The molecule has 3 aromatic carbocycles. The van der Waals surface area contributed by atoms with Crippen molar-refractivity contribution in [3.63, 3.8) is 0 Å². The van der Waals surface area contributed by atoms with Crippen molar-refractivity contribution in [2.45, 2.75) is 32.6 Å². The van der Waals surface area contributed by atoms with Crippen LogP contribution in [0.25, 0.3) is 0 Å². The normalized spacial score (nSPS) is 16.6. The van der Waals surface area contributed by atoms with Gasteiger partial charge < -0.3 is 15.2 Å². The van der Waals surface area contributed by atoms with Crippen molar-refractivity contribution in [2.24, 2.45) is 5.92 Å². The second-order valence-corrected chi connectivity index (χ2v) is 9.47. The third kappa shape index (κ3) is 5.44. The zero-order valence-electron chi connectivity index (χ0n) is 19.2. The maximum absolute atomic E-state index is 14.8. The van der Waals surface area contributed by atoms with Gasteiger partial charge in [0.1, 0.15) is 5.75 Å². The first-order valence-electron chi connectivity index (χ1n) is 11.2. The largest absolute Gasteiger partial charge is 0.493 e. The summed E-state index contributed by atoms with van der Waals surface area (Å²) in [6.45, 7) is 4.05. The van der Waals surface area contributed by atoms with Crippen LogP contribution in [0.15, 0.2) is 48.5 Å². The number of aliphatic carboxylic acids is 1. The topological polar surface area (TPSA) is 75.6 Å². The first-order valence-corrected chi connectivity index (χ1v) is 11.9. The lowest BCUT2D eigenvalue weighted by Crippen LogP contribution is -2.17. The van der Waals surface area contributed by atoms with Gasteiger partial charge in [-0.15, -0.1) is 0 Å². The Labute approximate surface area is 212 Å². The highest BCUT2D eigenvalue weighted by Gasteiger charge is 2.46. The maximum atomic E-state index is 14.8. The number of carboxylic acids is 1. The fraction of sp³-hybridized carbons (Fsp3) is 0.259. The molecule has 0 saturated heterocycles. The number of hydrogen-bond acceptors (Lipinski definition) is 3. The van der Waals surface area contributed by atoms with Gasteiger partial charge in [-0.2, -0.15) is 0 Å². The molecule has 0 aromatic heterocycles. The summed E-state index contributed by atoms with van der Waals surface area (Å²) in [4.78, 5) is 24.4. The van der Waals surface area contributed by atoms with Crippen LogP contribution in [0.3, 0.4) is 0 Å². The van der Waals surface area contributed by atoms with Crippen LogP contribution < -0.4 is 10.1 Å². The first-order chi connectivity index (χ1) is 16.7. The first kappa shape index (κ1) is 25.0. The molecule has 0 bridgehead atoms. The van der Waals surface area contributed by atoms with Gasteiger partial charge in [-0.05, 0) is 66.6 Å². The maximum Gasteiger partial charge on any atom is 0.307 e. The minimum absolute atomic E-state index is 0.0275. The third-order valence-corrected chi connectivity index (χ3v) is 7.02. The lowest BCUT2D eigenvalue weighted by atomic mass is 10.0. The molecule has 1 aliphatic carbocycles. The van der Waals surface area contributed by atoms with E-state index in [0.717, 1.165) is 6.42 Å². The summed E-state index contributed by atoms with van der Waals surface area (Å²) in [5.74, 6) is -2.65. The smallest absolute Gasteiger partial charge is 0.307 e. The molecule has 1 amide bonds. The second-order valence-electron chi connectivity index (χ2n) is 8.71. The number of anilines is 1. The summed E-state index contributed by atoms with van der Waals surface area (Å²) in [5.41, 5.74) is 3.17. The van der Waals surface area contributed by atoms with Gasteiger partial charge in [0, 0.05) is 12.0 Å². The number of aryl methyl sites for hydroxylation is 2. The Bertz CT molecular complexity index is 1270. The van der Waals surface area contributed by atoms with Crippen molar-refractivity contribution < 1.29 is 23.8 Å². The molecule has 3 aromatic rings. The van der Waals surface area contributed by atoms with E-state index < -0.39 is 23.6 Å². The van der Waals surface area contributed by atoms with E-state index in [1.807, 2.05) is 30.3 Å². The molecular weight excluding hydrogens is 492 g/mol. The van der Waals surface area contributed by atoms with E-state index in [4.69, 9.17) is 27.9 Å². The number of amides is 1. The number of carbonyl (C=O) groups is 2. The van der Waals surface area contributed by atoms with E-state index in [0.29, 0.717) is 41.0 Å². The Balaban J connectivity index is 1.51. The molecule has 182 valence electrons. The van der Waals surface area contributed by atoms with Gasteiger partial charge in [-0.1, -0.05) is 53.5 Å². The number of halogens is 3. The quantitative estimate of drug-likeness (QED) is 0.323. The van der Waals surface area contributed by atoms with Gasteiger partial charge in [0.15, 0.2) is 5.82 Å². The SMILES string of the molecule is Cc1cc(OCCc2ccccc2)cc(C)c1C(=O)Nc1cc([C@@H]2C[C@H]2C(=O)O)c(Cl)c(Cl)c1F. The molecule has 5 nitrogen and oxygen atoms in total. The minimum atomic E-state index is -0.950. The Hall–Kier alpha value is -3.09. The molecule has 0 unspecified atom stereocenters. The van der Waals surface area contributed by atoms with Gasteiger partial charge in [0.2, 0.25) is 0 Å². The van der Waals surface area contributed by atoms with Gasteiger partial charge in [0.25, 0.3) is 5.91 Å². The molecule has 35 heavy (non-hydrogen) atoms. The molecule has 1 saturated carbocycles. The van der Waals surface area contributed by atoms with Crippen molar-refractivity contribution >= 4 is 40.8 Å². The van der Waals surface area contributed by atoms with Crippen LogP contribution in [0.2, 0.25) is 10.0 Å². The molecular formula is C27H24Cl2FNO4. The van der Waals surface area contributed by atoms with E-state index in [1.54, 1.807) is 26.0 Å². The molecule has 0 heterocycles. The Morgan fingerprint density at radius 1 is 1.09 bits per heavy atom. The summed E-state index contributed by atoms with van der Waals surface area (Å²) >= 11 is 12.3. The number of nitrogens with one attached hydrogen (secondary N) is 1. The predicted molar refractivity (Wildman–Crippen MR) is 134 cm³/mol. The zero-order valence-corrected chi connectivity index (χ0v) is 20.7. The van der Waals surface area contributed by atoms with Crippen LogP contribution in [-0.2, 0) is 11.2 Å². The molecule has 8 heteroatoms. The average molecular weight is 516 g/mol. The van der Waals surface area contributed by atoms with Crippen LogP contribution in [-0.4, -0.2) is 23.6 Å². The Morgan fingerprint density at radius 3 is 2.34 bits per heavy atom. The highest BCUT2D eigenvalue weighted by Crippen LogP contribution is 2.52. The third-order valence-electron chi connectivity index (χ3n) is 6.17. The monoisotopic (exact) mass is 515 g/mol. The summed E-state index contributed by atoms with van der Waals surface area (Å²) < 4.78 is 20.7. The minimum Gasteiger partial charge on any atom is -0.493 e. The van der Waals surface area contributed by atoms with Crippen molar-refractivity contribution in [3.05, 3.63) is 92.2 Å². The molecule has 0 radical (unpaired) electrons. The van der Waals surface area contributed by atoms with Crippen molar-refractivity contribution in [3.8, 4) is 5.75 Å². The van der Waals surface area contributed by atoms with Crippen LogP contribution in [0.1, 0.15) is 45.0 Å². The predicted octanol–water partition coefficient (Wildman–Crippen LogP) is 6.81. The van der Waals surface area contributed by atoms with Gasteiger partial charge >= 0.3 is 5.97 Å². The number of carbonyl (C=O) groups excluding carboxylic acids is 1. The molecule has 0 spiro atoms. The number of rotatable bonds is 8. The van der Waals surface area contributed by atoms with E-state index in [2.05, 4.69) is 5.32 Å². The molecule has 1 aliphatic rings. The van der Waals surface area contributed by atoms with Crippen LogP contribution in [0, 0.1) is 25.6 Å². The fourth-order valence-electron chi connectivity index (χ4n) is 4.28. The molecule has 4 rings (SSSR count). The summed E-state index contributed by atoms with van der Waals surface area (Å²) in [6.07, 6.45) is 1.14. The Morgan fingerprint density at radius 2 is 1.74 bits per heavy atom. The van der Waals surface area contributed by atoms with Crippen molar-refractivity contribution in [1.29, 1.82) is 0 Å². The molecule has 1 fully saturated rings. The van der Waals surface area contributed by atoms with E-state index in [9.17, 15) is 19.1 Å². The zero-order chi connectivity index (χ0) is 25.3. The number of hydrogen-bond donors (Lipinski definition) is 2. The van der Waals surface area contributed by atoms with Crippen molar-refractivity contribution in [2.75, 3.05) is 11.9 Å². The van der Waals surface area contributed by atoms with E-state index in [-0.39, 0.29) is 21.7 Å². The number of ether oxygens (including phenoxy) is 1. The lowest BCUT2D eigenvalue weighted by Gasteiger charge is -2.16. The number of benzene rings is 3. The van der Waals surface area contributed by atoms with Gasteiger partial charge in [0.05, 0.1) is 28.3 Å². The fourth-order valence-corrected chi connectivity index (χ4v) is 4.77. The second kappa shape index (κ2) is 10.3. The van der Waals surface area contributed by atoms with Crippen LogP contribution in [0.4, 0.5) is 10.1 Å². The summed E-state index contributed by atoms with van der Waals surface area (Å²) in [6, 6.07) is 14.9. The van der Waals surface area contributed by atoms with E-state index >= 15 is 0 Å². The molecule has 2 N–H and O–H groups in total. The highest BCUT2D eigenvalue weighted by molar-refractivity contribution is 6.43. The standard InChI is InChI=1S/C27H24Cl2FNO4/c1-14-10-17(35-9-8-16-6-4-3-5-7-16)11-15(2)22(14)26(32)31-21-13-19(18-12-20(18)27(33)34)23(28)24(29)25(21)30/h3-7,10-11,13,18,20H,8-9,12H2,1-2H3,(H,31,32)(H,33,34)/t18-,20+/m0/s1. The lowest BCUT2D eigenvalue weighted by molar-refractivity contribution is -0.138. The summed E-state index contributed by atoms with van der Waals surface area (Å²) in [7, 11) is 0. The molecule has 2 atom stereocenters. The van der Waals surface area contributed by atoms with Crippen LogP contribution >= 0.6 is 23.2 Å². The highest BCUT2D eigenvalue weighted by atomic mass is 35.5. The van der Waals surface area contributed by atoms with Gasteiger partial charge in [-0.3, -0.25) is 9.59 Å². The van der Waals surface area contributed by atoms with Gasteiger partial charge in [-0.25, -0.2) is 4.39 Å². The summed E-state index contributed by atoms with van der Waals surface area (Å²) in [5, 5.41) is 11.4. The van der Waals surface area contributed by atoms with Crippen LogP contribution in [0.5, 0.6) is 5.75 Å². The average Bonchev–Trinajstić information content (AvgIpc) is 3.61. The Kier molecular flexibility index (Phi) is 7.33. The number of carboxylic acid groups (broad SMARTS) is 1. The van der Waals surface area contributed by atoms with Crippen molar-refractivity contribution in [1.82, 2.24) is 0 Å².